The molecule has 0 saturated heterocycles. The molecule has 0 aliphatic rings. The van der Waals surface area contributed by atoms with Gasteiger partial charge in [-0.3, -0.25) is 4.68 Å². The summed E-state index contributed by atoms with van der Waals surface area (Å²) >= 11 is 0. The number of aryl methyl sites for hydroxylation is 2. The zero-order chi connectivity index (χ0) is 11.3. The van der Waals surface area contributed by atoms with Crippen LogP contribution in [0, 0.1) is 6.92 Å². The Bertz CT molecular complexity index is 326. The highest BCUT2D eigenvalue weighted by Gasteiger charge is 1.99. The van der Waals surface area contributed by atoms with Crippen LogP contribution < -0.4 is 5.32 Å². The molecule has 1 rings (SSSR count). The summed E-state index contributed by atoms with van der Waals surface area (Å²) in [5.74, 6) is 0. The average Bonchev–Trinajstić information content (AvgIpc) is 2.51. The first kappa shape index (κ1) is 12.0. The van der Waals surface area contributed by atoms with Gasteiger partial charge >= 0.3 is 0 Å². The zero-order valence-electron chi connectivity index (χ0n) is 10.1. The van der Waals surface area contributed by atoms with E-state index in [0.717, 1.165) is 12.2 Å². The van der Waals surface area contributed by atoms with Gasteiger partial charge in [0, 0.05) is 24.8 Å². The van der Waals surface area contributed by atoms with E-state index in [0.29, 0.717) is 6.04 Å². The van der Waals surface area contributed by atoms with Crippen LogP contribution in [0.5, 0.6) is 0 Å². The van der Waals surface area contributed by atoms with Crippen LogP contribution in [0.3, 0.4) is 0 Å². The van der Waals surface area contributed by atoms with Gasteiger partial charge in [-0.05, 0) is 26.8 Å². The highest BCUT2D eigenvalue weighted by atomic mass is 15.2. The minimum atomic E-state index is 0.421. The molecule has 0 spiro atoms. The molecule has 3 heteroatoms. The van der Waals surface area contributed by atoms with Crippen molar-refractivity contribution in [3.8, 4) is 0 Å². The largest absolute Gasteiger partial charge is 0.311 e. The van der Waals surface area contributed by atoms with Gasteiger partial charge in [0.15, 0.2) is 0 Å². The Labute approximate surface area is 92.2 Å². The van der Waals surface area contributed by atoms with Crippen LogP contribution in [-0.2, 0) is 7.05 Å². The first-order valence-corrected chi connectivity index (χ1v) is 5.55. The minimum absolute atomic E-state index is 0.421. The third kappa shape index (κ3) is 3.88. The van der Waals surface area contributed by atoms with Crippen LogP contribution in [0.4, 0.5) is 0 Å². The van der Waals surface area contributed by atoms with Crippen LogP contribution in [0.15, 0.2) is 12.3 Å². The summed E-state index contributed by atoms with van der Waals surface area (Å²) in [5, 5.41) is 7.71. The molecule has 0 fully saturated rings. The van der Waals surface area contributed by atoms with Crippen molar-refractivity contribution in [3.05, 3.63) is 23.5 Å². The number of hydrogen-bond acceptors (Lipinski definition) is 2. The summed E-state index contributed by atoms with van der Waals surface area (Å²) in [7, 11) is 1.95. The molecule has 3 nitrogen and oxygen atoms in total. The normalized spacial score (nSPS) is 13.6. The van der Waals surface area contributed by atoms with Crippen LogP contribution in [0.2, 0.25) is 0 Å². The second-order valence-electron chi connectivity index (χ2n) is 3.95. The van der Waals surface area contributed by atoms with E-state index >= 15 is 0 Å². The molecule has 0 bridgehead atoms. The monoisotopic (exact) mass is 207 g/mol. The van der Waals surface area contributed by atoms with E-state index in [1.54, 1.807) is 0 Å². The Balaban J connectivity index is 2.53. The number of rotatable bonds is 5. The lowest BCUT2D eigenvalue weighted by Gasteiger charge is -2.06. The molecule has 15 heavy (non-hydrogen) atoms. The molecule has 84 valence electrons. The predicted octanol–water partition coefficient (Wildman–Crippen LogP) is 2.13. The Kier molecular flexibility index (Phi) is 4.56. The van der Waals surface area contributed by atoms with E-state index in [4.69, 9.17) is 0 Å². The third-order valence-electron chi connectivity index (χ3n) is 2.33. The van der Waals surface area contributed by atoms with E-state index in [9.17, 15) is 0 Å². The van der Waals surface area contributed by atoms with Crippen molar-refractivity contribution in [2.75, 3.05) is 6.54 Å². The molecular formula is C12H21N3. The predicted molar refractivity (Wildman–Crippen MR) is 64.7 cm³/mol. The van der Waals surface area contributed by atoms with Crippen LogP contribution >= 0.6 is 0 Å². The fourth-order valence-electron chi connectivity index (χ4n) is 1.47. The fourth-order valence-corrected chi connectivity index (χ4v) is 1.47. The number of nitrogens with one attached hydrogen (secondary N) is 1. The molecule has 0 aliphatic heterocycles. The molecule has 0 saturated carbocycles. The molecule has 0 aromatic carbocycles. The maximum absolute atomic E-state index is 4.30. The lowest BCUT2D eigenvalue weighted by atomic mass is 10.2. The molecule has 1 heterocycles. The van der Waals surface area contributed by atoms with Crippen molar-refractivity contribution < 1.29 is 0 Å². The maximum atomic E-state index is 4.30. The highest BCUT2D eigenvalue weighted by Crippen LogP contribution is 2.07. The molecule has 1 aromatic heterocycles. The van der Waals surface area contributed by atoms with Crippen LogP contribution in [0.1, 0.15) is 31.5 Å². The fraction of sp³-hybridized carbons (Fsp3) is 0.583. The summed E-state index contributed by atoms with van der Waals surface area (Å²) in [4.78, 5) is 0. The van der Waals surface area contributed by atoms with Crippen molar-refractivity contribution in [1.29, 1.82) is 0 Å². The van der Waals surface area contributed by atoms with Gasteiger partial charge < -0.3 is 5.32 Å². The number of nitrogens with zero attached hydrogens (tertiary/aromatic N) is 2. The Hall–Kier alpha value is -1.09. The highest BCUT2D eigenvalue weighted by molar-refractivity contribution is 5.51. The zero-order valence-corrected chi connectivity index (χ0v) is 10.1. The molecule has 1 aromatic rings. The Morgan fingerprint density at radius 3 is 2.87 bits per heavy atom. The molecular weight excluding hydrogens is 186 g/mol. The van der Waals surface area contributed by atoms with E-state index in [2.05, 4.69) is 36.4 Å². The van der Waals surface area contributed by atoms with Gasteiger partial charge in [-0.2, -0.15) is 5.10 Å². The Morgan fingerprint density at radius 2 is 2.33 bits per heavy atom. The van der Waals surface area contributed by atoms with Crippen molar-refractivity contribution in [2.24, 2.45) is 7.05 Å². The van der Waals surface area contributed by atoms with Crippen molar-refractivity contribution in [3.63, 3.8) is 0 Å². The van der Waals surface area contributed by atoms with Gasteiger partial charge in [-0.25, -0.2) is 0 Å². The topological polar surface area (TPSA) is 29.9 Å². The van der Waals surface area contributed by atoms with Gasteiger partial charge in [-0.1, -0.05) is 19.1 Å². The van der Waals surface area contributed by atoms with E-state index in [1.807, 2.05) is 24.9 Å². The van der Waals surface area contributed by atoms with Crippen molar-refractivity contribution in [1.82, 2.24) is 15.1 Å². The third-order valence-corrected chi connectivity index (χ3v) is 2.33. The van der Waals surface area contributed by atoms with Crippen molar-refractivity contribution >= 4 is 6.08 Å². The lowest BCUT2D eigenvalue weighted by Crippen LogP contribution is -2.24. The number of hydrogen-bond donors (Lipinski definition) is 1. The van der Waals surface area contributed by atoms with Gasteiger partial charge in [-0.15, -0.1) is 0 Å². The smallest absolute Gasteiger partial charge is 0.0665 e. The summed E-state index contributed by atoms with van der Waals surface area (Å²) in [6.07, 6.45) is 7.53. The van der Waals surface area contributed by atoms with Gasteiger partial charge in [0.25, 0.3) is 0 Å². The van der Waals surface area contributed by atoms with Crippen molar-refractivity contribution in [2.45, 2.75) is 33.2 Å². The van der Waals surface area contributed by atoms with Crippen LogP contribution in [0.25, 0.3) is 6.08 Å². The van der Waals surface area contributed by atoms with Crippen LogP contribution in [-0.4, -0.2) is 22.4 Å². The van der Waals surface area contributed by atoms with Gasteiger partial charge in [0.05, 0.1) is 5.69 Å². The molecule has 1 unspecified atom stereocenters. The first-order valence-electron chi connectivity index (χ1n) is 5.55. The summed E-state index contributed by atoms with van der Waals surface area (Å²) in [6, 6.07) is 0.421. The first-order chi connectivity index (χ1) is 7.13. The summed E-state index contributed by atoms with van der Waals surface area (Å²) < 4.78 is 1.85. The molecule has 1 N–H and O–H groups in total. The number of aromatic nitrogens is 2. The molecule has 0 radical (unpaired) electrons. The molecule has 1 atom stereocenters. The Morgan fingerprint density at radius 1 is 1.60 bits per heavy atom. The van der Waals surface area contributed by atoms with Gasteiger partial charge in [0.2, 0.25) is 0 Å². The summed E-state index contributed by atoms with van der Waals surface area (Å²) in [5.41, 5.74) is 2.28. The van der Waals surface area contributed by atoms with Gasteiger partial charge in [0.1, 0.15) is 0 Å². The average molecular weight is 207 g/mol. The standard InChI is InChI=1S/C12H21N3/c1-5-8-13-10(2)6-7-12-9-15(4)14-11(12)3/h6-7,9-10,13H,5,8H2,1-4H3/b7-6+. The summed E-state index contributed by atoms with van der Waals surface area (Å²) in [6.45, 7) is 7.44. The SMILES string of the molecule is CCCNC(C)/C=C/c1cn(C)nc1C. The second kappa shape index (κ2) is 5.71. The lowest BCUT2D eigenvalue weighted by molar-refractivity contribution is 0.625. The molecule has 0 amide bonds. The quantitative estimate of drug-likeness (QED) is 0.801. The second-order valence-corrected chi connectivity index (χ2v) is 3.95. The van der Waals surface area contributed by atoms with E-state index < -0.39 is 0 Å². The van der Waals surface area contributed by atoms with E-state index in [-0.39, 0.29) is 0 Å². The van der Waals surface area contributed by atoms with E-state index in [1.165, 1.54) is 12.0 Å². The maximum Gasteiger partial charge on any atom is 0.0665 e. The minimum Gasteiger partial charge on any atom is -0.311 e. The molecule has 0 aliphatic carbocycles.